The predicted octanol–water partition coefficient (Wildman–Crippen LogP) is 6.21. The molecule has 4 atom stereocenters. The average molecular weight is 734 g/mol. The van der Waals surface area contributed by atoms with Gasteiger partial charge in [0.05, 0.1) is 23.6 Å². The van der Waals surface area contributed by atoms with E-state index in [4.69, 9.17) is 4.74 Å². The summed E-state index contributed by atoms with van der Waals surface area (Å²) in [5.74, 6) is 0. The minimum absolute atomic E-state index is 0.187. The van der Waals surface area contributed by atoms with Crippen LogP contribution in [0.1, 0.15) is 89.5 Å². The summed E-state index contributed by atoms with van der Waals surface area (Å²) in [5.41, 5.74) is -11.4. The number of hydrogen-bond donors (Lipinski definition) is 1. The number of epoxide rings is 1. The van der Waals surface area contributed by atoms with Gasteiger partial charge in [0.1, 0.15) is 12.2 Å². The second-order valence-electron chi connectivity index (χ2n) is 11.1. The standard InChI is InChI=1S/C27H41F6NO9S3/c1-3-4-5-6-7-8-9-10-11-12-13-14-23-25(42-23)24(43-46(39,40)27(31,32)33)22(19-41-45(37,38)26(28,29)30)34-44(35,36)21-17-15-20(2)16-18-21/h15-18,22-25,34H,3-14,19H2,1-2H3/t22-,23+,24-,25-/m1/s1. The van der Waals surface area contributed by atoms with Crippen molar-refractivity contribution in [2.75, 3.05) is 6.61 Å². The molecule has 1 aliphatic rings. The zero-order chi connectivity index (χ0) is 34.8. The zero-order valence-electron chi connectivity index (χ0n) is 25.5. The van der Waals surface area contributed by atoms with Gasteiger partial charge >= 0.3 is 31.3 Å². The Morgan fingerprint density at radius 1 is 0.761 bits per heavy atom. The molecular weight excluding hydrogens is 692 g/mol. The van der Waals surface area contributed by atoms with Gasteiger partial charge in [-0.3, -0.25) is 8.37 Å². The van der Waals surface area contributed by atoms with Crippen molar-refractivity contribution < 1.29 is 64.7 Å². The quantitative estimate of drug-likeness (QED) is 0.0483. The van der Waals surface area contributed by atoms with Crippen LogP contribution < -0.4 is 4.72 Å². The number of halogens is 6. The van der Waals surface area contributed by atoms with E-state index in [0.717, 1.165) is 50.7 Å². The molecule has 0 radical (unpaired) electrons. The maximum Gasteiger partial charge on any atom is 0.523 e. The topological polar surface area (TPSA) is 145 Å². The fourth-order valence-corrected chi connectivity index (χ4v) is 6.99. The van der Waals surface area contributed by atoms with Gasteiger partial charge in [-0.05, 0) is 25.5 Å². The van der Waals surface area contributed by atoms with Crippen LogP contribution in [0.4, 0.5) is 26.3 Å². The minimum Gasteiger partial charge on any atom is -0.367 e. The second-order valence-corrected chi connectivity index (χ2v) is 16.0. The molecule has 0 spiro atoms. The highest BCUT2D eigenvalue weighted by atomic mass is 32.2. The highest BCUT2D eigenvalue weighted by Crippen LogP contribution is 2.37. The number of benzene rings is 1. The Kier molecular flexibility index (Phi) is 15.2. The van der Waals surface area contributed by atoms with Gasteiger partial charge in [0, 0.05) is 0 Å². The molecule has 0 saturated carbocycles. The molecule has 268 valence electrons. The molecular formula is C27H41F6NO9S3. The third-order valence-corrected chi connectivity index (χ3v) is 10.8. The number of alkyl halides is 6. The van der Waals surface area contributed by atoms with Crippen LogP contribution in [0.3, 0.4) is 0 Å². The van der Waals surface area contributed by atoms with Gasteiger partial charge in [-0.15, -0.1) is 0 Å². The molecule has 1 aromatic carbocycles. The first-order chi connectivity index (χ1) is 21.2. The van der Waals surface area contributed by atoms with Crippen LogP contribution in [0.5, 0.6) is 0 Å². The zero-order valence-corrected chi connectivity index (χ0v) is 27.9. The lowest BCUT2D eigenvalue weighted by Gasteiger charge is -2.27. The summed E-state index contributed by atoms with van der Waals surface area (Å²) in [6.45, 7) is 1.98. The molecule has 46 heavy (non-hydrogen) atoms. The summed E-state index contributed by atoms with van der Waals surface area (Å²) in [4.78, 5) is -0.506. The van der Waals surface area contributed by atoms with Crippen molar-refractivity contribution in [3.05, 3.63) is 29.8 Å². The Morgan fingerprint density at radius 2 is 1.24 bits per heavy atom. The Morgan fingerprint density at radius 3 is 1.72 bits per heavy atom. The Hall–Kier alpha value is -1.51. The molecule has 1 saturated heterocycles. The van der Waals surface area contributed by atoms with E-state index >= 15 is 0 Å². The normalized spacial score (nSPS) is 19.2. The molecule has 0 bridgehead atoms. The van der Waals surface area contributed by atoms with Crippen LogP contribution in [-0.4, -0.2) is 67.2 Å². The number of nitrogens with one attached hydrogen (secondary N) is 1. The lowest BCUT2D eigenvalue weighted by Crippen LogP contribution is -2.52. The third-order valence-electron chi connectivity index (χ3n) is 7.28. The number of hydrogen-bond acceptors (Lipinski definition) is 9. The summed E-state index contributed by atoms with van der Waals surface area (Å²) in [5, 5.41) is 0. The molecule has 19 heteroatoms. The second kappa shape index (κ2) is 17.2. The smallest absolute Gasteiger partial charge is 0.367 e. The van der Waals surface area contributed by atoms with E-state index in [1.54, 1.807) is 11.6 Å². The van der Waals surface area contributed by atoms with Crippen LogP contribution in [0.15, 0.2) is 29.2 Å². The molecule has 0 amide bonds. The molecule has 0 aromatic heterocycles. The Bertz CT molecular complexity index is 1400. The van der Waals surface area contributed by atoms with Gasteiger partial charge in [-0.2, -0.15) is 43.2 Å². The van der Waals surface area contributed by atoms with Crippen molar-refractivity contribution in [2.24, 2.45) is 0 Å². The number of aryl methyl sites for hydroxylation is 1. The molecule has 0 unspecified atom stereocenters. The molecule has 0 aliphatic carbocycles. The fraction of sp³-hybridized carbons (Fsp3) is 0.778. The van der Waals surface area contributed by atoms with Crippen molar-refractivity contribution in [2.45, 2.75) is 131 Å². The molecule has 1 aliphatic heterocycles. The number of unbranched alkanes of at least 4 members (excludes halogenated alkanes) is 10. The van der Waals surface area contributed by atoms with Gasteiger partial charge in [0.2, 0.25) is 10.0 Å². The van der Waals surface area contributed by atoms with E-state index in [1.807, 2.05) is 0 Å². The van der Waals surface area contributed by atoms with Crippen molar-refractivity contribution in [1.29, 1.82) is 0 Å². The molecule has 10 nitrogen and oxygen atoms in total. The average Bonchev–Trinajstić information content (AvgIpc) is 3.71. The third kappa shape index (κ3) is 12.8. The maximum absolute atomic E-state index is 13.3. The van der Waals surface area contributed by atoms with Crippen LogP contribution in [-0.2, 0) is 43.4 Å². The van der Waals surface area contributed by atoms with Gasteiger partial charge in [-0.25, -0.2) is 13.1 Å². The molecule has 1 aromatic rings. The van der Waals surface area contributed by atoms with E-state index in [0.29, 0.717) is 18.4 Å². The highest BCUT2D eigenvalue weighted by molar-refractivity contribution is 7.89. The van der Waals surface area contributed by atoms with Crippen molar-refractivity contribution >= 4 is 30.3 Å². The SMILES string of the molecule is CCCCCCCCCCCCC[C@@H]1O[C@H]1[C@H](OS(=O)(=O)C(F)(F)F)[C@@H](COS(=O)(=O)C(F)(F)F)NS(=O)(=O)c1ccc(C)cc1. The summed E-state index contributed by atoms with van der Waals surface area (Å²) in [6, 6.07) is 2.40. The molecule has 1 fully saturated rings. The van der Waals surface area contributed by atoms with Crippen molar-refractivity contribution in [1.82, 2.24) is 4.72 Å². The number of sulfonamides is 1. The Balaban J connectivity index is 2.20. The lowest BCUT2D eigenvalue weighted by atomic mass is 10.0. The Labute approximate surface area is 266 Å². The van der Waals surface area contributed by atoms with E-state index in [9.17, 15) is 51.6 Å². The van der Waals surface area contributed by atoms with Gasteiger partial charge < -0.3 is 4.74 Å². The first-order valence-corrected chi connectivity index (χ1v) is 19.2. The minimum atomic E-state index is -6.47. The fourth-order valence-electron chi connectivity index (χ4n) is 4.65. The molecule has 1 N–H and O–H groups in total. The largest absolute Gasteiger partial charge is 0.523 e. The lowest BCUT2D eigenvalue weighted by molar-refractivity contribution is -0.0613. The van der Waals surface area contributed by atoms with E-state index < -0.39 is 77.1 Å². The number of rotatable bonds is 22. The first-order valence-electron chi connectivity index (χ1n) is 14.9. The molecule has 1 heterocycles. The summed E-state index contributed by atoms with van der Waals surface area (Å²) < 4.78 is 167. The van der Waals surface area contributed by atoms with Gasteiger partial charge in [0.15, 0.2) is 0 Å². The van der Waals surface area contributed by atoms with Crippen LogP contribution in [0, 0.1) is 6.92 Å². The van der Waals surface area contributed by atoms with Crippen LogP contribution >= 0.6 is 0 Å². The first kappa shape index (κ1) is 40.7. The van der Waals surface area contributed by atoms with Gasteiger partial charge in [-0.1, -0.05) is 95.2 Å². The maximum atomic E-state index is 13.3. The van der Waals surface area contributed by atoms with E-state index in [1.165, 1.54) is 31.4 Å². The highest BCUT2D eigenvalue weighted by Gasteiger charge is 2.57. The van der Waals surface area contributed by atoms with Gasteiger partial charge in [0.25, 0.3) is 0 Å². The van der Waals surface area contributed by atoms with E-state index in [-0.39, 0.29) is 6.42 Å². The van der Waals surface area contributed by atoms with Crippen LogP contribution in [0.2, 0.25) is 0 Å². The van der Waals surface area contributed by atoms with E-state index in [2.05, 4.69) is 15.3 Å². The summed E-state index contributed by atoms with van der Waals surface area (Å²) in [6.07, 6.45) is 6.24. The summed E-state index contributed by atoms with van der Waals surface area (Å²) in [7, 11) is -17.6. The number of ether oxygens (including phenoxy) is 1. The summed E-state index contributed by atoms with van der Waals surface area (Å²) >= 11 is 0. The monoisotopic (exact) mass is 733 g/mol. The predicted molar refractivity (Wildman–Crippen MR) is 156 cm³/mol. The van der Waals surface area contributed by atoms with Crippen LogP contribution in [0.25, 0.3) is 0 Å². The van der Waals surface area contributed by atoms with Crippen molar-refractivity contribution in [3.63, 3.8) is 0 Å². The molecule has 2 rings (SSSR count). The van der Waals surface area contributed by atoms with Crippen molar-refractivity contribution in [3.8, 4) is 0 Å².